The summed E-state index contributed by atoms with van der Waals surface area (Å²) in [5, 5.41) is 12.8. The van der Waals surface area contributed by atoms with Crippen molar-refractivity contribution in [2.24, 2.45) is 0 Å². The lowest BCUT2D eigenvalue weighted by molar-refractivity contribution is -0.133. The molecule has 5 rings (SSSR count). The Balaban J connectivity index is 1.36. The number of carbonyl (C=O) groups is 2. The first-order chi connectivity index (χ1) is 15.1. The molecular formula is C24H27N3O4. The van der Waals surface area contributed by atoms with Crippen LogP contribution in [0.1, 0.15) is 29.2 Å². The van der Waals surface area contributed by atoms with Crippen LogP contribution in [0.15, 0.2) is 42.5 Å². The normalized spacial score (nSPS) is 23.0. The first-order valence-corrected chi connectivity index (χ1v) is 10.9. The van der Waals surface area contributed by atoms with Crippen LogP contribution in [0, 0.1) is 0 Å². The van der Waals surface area contributed by atoms with E-state index >= 15 is 0 Å². The maximum Gasteiger partial charge on any atom is 0.262 e. The largest absolute Gasteiger partial charge is 0.482 e. The second kappa shape index (κ2) is 8.32. The second-order valence-electron chi connectivity index (χ2n) is 8.60. The number of hydrogen-bond donors (Lipinski definition) is 2. The molecule has 0 spiro atoms. The molecule has 2 aromatic carbocycles. The van der Waals surface area contributed by atoms with Gasteiger partial charge in [-0.25, -0.2) is 0 Å². The Hall–Kier alpha value is -2.90. The molecule has 7 heteroatoms. The number of likely N-dealkylation sites (tertiary alicyclic amines) is 1. The SMILES string of the molecule is O=C1COc2ccc(CC(=O)N3CCc4ccccc4C3CN3CC[C@H](O)C3)cc2N1. The van der Waals surface area contributed by atoms with Crippen molar-refractivity contribution in [3.63, 3.8) is 0 Å². The summed E-state index contributed by atoms with van der Waals surface area (Å²) < 4.78 is 5.42. The number of ether oxygens (including phenoxy) is 1. The van der Waals surface area contributed by atoms with E-state index < -0.39 is 0 Å². The number of amides is 2. The Kier molecular flexibility index (Phi) is 5.38. The Labute approximate surface area is 181 Å². The average Bonchev–Trinajstić information content (AvgIpc) is 3.18. The van der Waals surface area contributed by atoms with E-state index in [9.17, 15) is 14.7 Å². The number of β-amino-alcohol motifs (C(OH)–C–C–N with tert-alkyl or cyclic N) is 1. The fourth-order valence-electron chi connectivity index (χ4n) is 4.89. The van der Waals surface area contributed by atoms with Gasteiger partial charge in [-0.2, -0.15) is 0 Å². The maximum absolute atomic E-state index is 13.4. The molecule has 7 nitrogen and oxygen atoms in total. The number of hydrogen-bond acceptors (Lipinski definition) is 5. The number of benzene rings is 2. The van der Waals surface area contributed by atoms with Crippen molar-refractivity contribution in [3.05, 3.63) is 59.2 Å². The van der Waals surface area contributed by atoms with Crippen LogP contribution in [0.2, 0.25) is 0 Å². The maximum atomic E-state index is 13.4. The van der Waals surface area contributed by atoms with E-state index in [0.717, 1.165) is 31.5 Å². The number of nitrogens with one attached hydrogen (secondary N) is 1. The quantitative estimate of drug-likeness (QED) is 0.786. The molecule has 0 bridgehead atoms. The van der Waals surface area contributed by atoms with Crippen molar-refractivity contribution >= 4 is 17.5 Å². The second-order valence-corrected chi connectivity index (χ2v) is 8.60. The third kappa shape index (κ3) is 4.16. The lowest BCUT2D eigenvalue weighted by Crippen LogP contribution is -2.45. The van der Waals surface area contributed by atoms with Crippen molar-refractivity contribution < 1.29 is 19.4 Å². The van der Waals surface area contributed by atoms with Crippen LogP contribution in [0.3, 0.4) is 0 Å². The first kappa shape index (κ1) is 20.0. The third-order valence-electron chi connectivity index (χ3n) is 6.44. The summed E-state index contributed by atoms with van der Waals surface area (Å²) >= 11 is 0. The van der Waals surface area contributed by atoms with Gasteiger partial charge in [-0.15, -0.1) is 0 Å². The Morgan fingerprint density at radius 3 is 2.90 bits per heavy atom. The Morgan fingerprint density at radius 1 is 1.19 bits per heavy atom. The van der Waals surface area contributed by atoms with Crippen LogP contribution in [-0.2, 0) is 22.4 Å². The molecule has 0 aliphatic carbocycles. The smallest absolute Gasteiger partial charge is 0.262 e. The zero-order chi connectivity index (χ0) is 21.4. The Morgan fingerprint density at radius 2 is 2.06 bits per heavy atom. The zero-order valence-corrected chi connectivity index (χ0v) is 17.4. The van der Waals surface area contributed by atoms with Crippen molar-refractivity contribution in [3.8, 4) is 5.75 Å². The highest BCUT2D eigenvalue weighted by molar-refractivity contribution is 5.95. The van der Waals surface area contributed by atoms with Gasteiger partial charge in [0.25, 0.3) is 5.91 Å². The number of rotatable bonds is 4. The van der Waals surface area contributed by atoms with Crippen LogP contribution in [0.4, 0.5) is 5.69 Å². The lowest BCUT2D eigenvalue weighted by atomic mass is 9.91. The molecule has 1 saturated heterocycles. The van der Waals surface area contributed by atoms with E-state index in [1.165, 1.54) is 11.1 Å². The predicted octanol–water partition coefficient (Wildman–Crippen LogP) is 1.75. The van der Waals surface area contributed by atoms with E-state index in [1.54, 1.807) is 0 Å². The van der Waals surface area contributed by atoms with Gasteiger partial charge in [-0.1, -0.05) is 30.3 Å². The highest BCUT2D eigenvalue weighted by atomic mass is 16.5. The molecule has 2 N–H and O–H groups in total. The molecule has 162 valence electrons. The monoisotopic (exact) mass is 421 g/mol. The summed E-state index contributed by atoms with van der Waals surface area (Å²) in [5.41, 5.74) is 3.97. The molecule has 2 aromatic rings. The predicted molar refractivity (Wildman–Crippen MR) is 116 cm³/mol. The van der Waals surface area contributed by atoms with Gasteiger partial charge in [0.2, 0.25) is 5.91 Å². The first-order valence-electron chi connectivity index (χ1n) is 10.9. The fourth-order valence-corrected chi connectivity index (χ4v) is 4.89. The zero-order valence-electron chi connectivity index (χ0n) is 17.4. The molecule has 3 heterocycles. The minimum Gasteiger partial charge on any atom is -0.482 e. The van der Waals surface area contributed by atoms with Gasteiger partial charge in [0, 0.05) is 26.2 Å². The molecule has 0 radical (unpaired) electrons. The van der Waals surface area contributed by atoms with Crippen LogP contribution in [0.5, 0.6) is 5.75 Å². The Bertz CT molecular complexity index is 1010. The summed E-state index contributed by atoms with van der Waals surface area (Å²) in [5.74, 6) is 0.520. The van der Waals surface area contributed by atoms with E-state index in [2.05, 4.69) is 28.4 Å². The number of aliphatic hydroxyl groups is 1. The van der Waals surface area contributed by atoms with Crippen molar-refractivity contribution in [1.82, 2.24) is 9.80 Å². The summed E-state index contributed by atoms with van der Waals surface area (Å²) in [6, 6.07) is 13.9. The molecule has 2 atom stereocenters. The van der Waals surface area contributed by atoms with Crippen molar-refractivity contribution in [2.75, 3.05) is 38.1 Å². The van der Waals surface area contributed by atoms with Crippen LogP contribution < -0.4 is 10.1 Å². The molecule has 1 fully saturated rings. The van der Waals surface area contributed by atoms with Crippen LogP contribution in [0.25, 0.3) is 0 Å². The van der Waals surface area contributed by atoms with Gasteiger partial charge >= 0.3 is 0 Å². The van der Waals surface area contributed by atoms with E-state index in [0.29, 0.717) is 24.5 Å². The molecule has 2 amide bonds. The molecule has 1 unspecified atom stereocenters. The highest BCUT2D eigenvalue weighted by Crippen LogP contribution is 2.33. The van der Waals surface area contributed by atoms with Gasteiger partial charge in [-0.05, 0) is 41.7 Å². The highest BCUT2D eigenvalue weighted by Gasteiger charge is 2.33. The average molecular weight is 421 g/mol. The van der Waals surface area contributed by atoms with Gasteiger partial charge in [0.05, 0.1) is 24.3 Å². The third-order valence-corrected chi connectivity index (χ3v) is 6.44. The van der Waals surface area contributed by atoms with Gasteiger partial charge in [0.15, 0.2) is 6.61 Å². The number of fused-ring (bicyclic) bond motifs is 2. The topological polar surface area (TPSA) is 82.1 Å². The standard InChI is InChI=1S/C24H27N3O4/c28-18-8-9-26(13-18)14-21-19-4-2-1-3-17(19)7-10-27(21)24(30)12-16-5-6-22-20(11-16)25-23(29)15-31-22/h1-6,11,18,21,28H,7-10,12-15H2,(H,25,29)/t18-,21?/m0/s1. The van der Waals surface area contributed by atoms with Crippen LogP contribution in [-0.4, -0.2) is 65.6 Å². The molecule has 0 saturated carbocycles. The fraction of sp³-hybridized carbons (Fsp3) is 0.417. The number of aliphatic hydroxyl groups excluding tert-OH is 1. The van der Waals surface area contributed by atoms with Crippen molar-refractivity contribution in [2.45, 2.75) is 31.4 Å². The van der Waals surface area contributed by atoms with Crippen LogP contribution >= 0.6 is 0 Å². The van der Waals surface area contributed by atoms with E-state index in [-0.39, 0.29) is 37.0 Å². The van der Waals surface area contributed by atoms with Gasteiger partial charge in [0.1, 0.15) is 5.75 Å². The lowest BCUT2D eigenvalue weighted by Gasteiger charge is -2.39. The number of nitrogens with zero attached hydrogens (tertiary/aromatic N) is 2. The van der Waals surface area contributed by atoms with Crippen molar-refractivity contribution in [1.29, 1.82) is 0 Å². The molecule has 31 heavy (non-hydrogen) atoms. The minimum absolute atomic E-state index is 0.0192. The summed E-state index contributed by atoms with van der Waals surface area (Å²) in [7, 11) is 0. The molecular weight excluding hydrogens is 394 g/mol. The number of anilines is 1. The van der Waals surface area contributed by atoms with E-state index in [1.807, 2.05) is 29.2 Å². The van der Waals surface area contributed by atoms with E-state index in [4.69, 9.17) is 4.74 Å². The molecule has 3 aliphatic heterocycles. The number of carbonyl (C=O) groups excluding carboxylic acids is 2. The summed E-state index contributed by atoms with van der Waals surface area (Å²) in [6.07, 6.45) is 1.61. The minimum atomic E-state index is -0.282. The molecule has 0 aromatic heterocycles. The summed E-state index contributed by atoms with van der Waals surface area (Å²) in [4.78, 5) is 29.3. The van der Waals surface area contributed by atoms with Gasteiger partial charge < -0.3 is 20.1 Å². The summed E-state index contributed by atoms with van der Waals surface area (Å²) in [6.45, 7) is 2.94. The van der Waals surface area contributed by atoms with Gasteiger partial charge in [-0.3, -0.25) is 14.5 Å². The molecule has 3 aliphatic rings.